The Bertz CT molecular complexity index is 366. The van der Waals surface area contributed by atoms with Crippen molar-refractivity contribution in [3.63, 3.8) is 0 Å². The van der Waals surface area contributed by atoms with Gasteiger partial charge in [-0.05, 0) is 45.8 Å². The summed E-state index contributed by atoms with van der Waals surface area (Å²) >= 11 is 0. The zero-order valence-electron chi connectivity index (χ0n) is 14.2. The van der Waals surface area contributed by atoms with E-state index in [1.54, 1.807) is 27.7 Å². The number of alkyl carbamates (subject to hydrolysis) is 1. The maximum atomic E-state index is 12.0. The Morgan fingerprint density at radius 2 is 1.50 bits per heavy atom. The number of carbonyl (C=O) groups is 2. The fourth-order valence-electron chi connectivity index (χ4n) is 1.04. The highest BCUT2D eigenvalue weighted by Gasteiger charge is 2.41. The van der Waals surface area contributed by atoms with E-state index >= 15 is 0 Å². The van der Waals surface area contributed by atoms with Crippen LogP contribution in [0.25, 0.3) is 0 Å². The molecule has 20 heavy (non-hydrogen) atoms. The smallest absolute Gasteiger partial charge is 0.408 e. The molecule has 0 saturated carbocycles. The van der Waals surface area contributed by atoms with E-state index in [2.05, 4.69) is 26.1 Å². The summed E-state index contributed by atoms with van der Waals surface area (Å²) in [6.45, 7) is 17.0. The van der Waals surface area contributed by atoms with Gasteiger partial charge in [-0.1, -0.05) is 20.8 Å². The summed E-state index contributed by atoms with van der Waals surface area (Å²) in [6, 6.07) is -0.723. The van der Waals surface area contributed by atoms with Crippen molar-refractivity contribution in [1.82, 2.24) is 5.32 Å². The van der Waals surface area contributed by atoms with Crippen LogP contribution in [0.1, 0.15) is 48.5 Å². The van der Waals surface area contributed by atoms with Gasteiger partial charge in [0.2, 0.25) is 0 Å². The predicted octanol–water partition coefficient (Wildman–Crippen LogP) is 3.45. The quantitative estimate of drug-likeness (QED) is 0.811. The van der Waals surface area contributed by atoms with Gasteiger partial charge >= 0.3 is 12.1 Å². The molecule has 0 unspecified atom stereocenters. The molecule has 0 aromatic rings. The summed E-state index contributed by atoms with van der Waals surface area (Å²) in [5.74, 6) is -0.414. The Morgan fingerprint density at radius 3 is 1.85 bits per heavy atom. The molecule has 0 rings (SSSR count). The highest BCUT2D eigenvalue weighted by atomic mass is 28.4. The summed E-state index contributed by atoms with van der Waals surface area (Å²) < 4.78 is 10.7. The van der Waals surface area contributed by atoms with E-state index in [1.165, 1.54) is 0 Å². The minimum absolute atomic E-state index is 0.0612. The lowest BCUT2D eigenvalue weighted by atomic mass is 10.2. The van der Waals surface area contributed by atoms with E-state index in [9.17, 15) is 9.59 Å². The van der Waals surface area contributed by atoms with E-state index < -0.39 is 32.0 Å². The molecular formula is C14H29NO4Si. The molecule has 0 fully saturated rings. The normalized spacial score (nSPS) is 14.4. The van der Waals surface area contributed by atoms with Crippen LogP contribution < -0.4 is 5.32 Å². The number of nitrogens with one attached hydrogen (secondary N) is 1. The largest absolute Gasteiger partial charge is 0.518 e. The number of carbonyl (C=O) groups excluding carboxylic acids is 2. The summed E-state index contributed by atoms with van der Waals surface area (Å²) in [5.41, 5.74) is -0.590. The molecule has 1 amide bonds. The van der Waals surface area contributed by atoms with Crippen molar-refractivity contribution < 1.29 is 18.8 Å². The van der Waals surface area contributed by atoms with Crippen molar-refractivity contribution in [2.75, 3.05) is 0 Å². The lowest BCUT2D eigenvalue weighted by Crippen LogP contribution is -2.49. The second-order valence-electron chi connectivity index (χ2n) is 7.55. The Labute approximate surface area is 123 Å². The first-order valence-corrected chi connectivity index (χ1v) is 9.79. The molecule has 0 aromatic heterocycles. The van der Waals surface area contributed by atoms with E-state index in [-0.39, 0.29) is 5.04 Å². The Morgan fingerprint density at radius 1 is 1.05 bits per heavy atom. The fraction of sp³-hybridized carbons (Fsp3) is 0.857. The Balaban J connectivity index is 4.55. The molecule has 0 bridgehead atoms. The number of ether oxygens (including phenoxy) is 1. The molecule has 0 saturated heterocycles. The van der Waals surface area contributed by atoms with Gasteiger partial charge in [0.05, 0.1) is 0 Å². The van der Waals surface area contributed by atoms with E-state index in [0.717, 1.165) is 0 Å². The van der Waals surface area contributed by atoms with Gasteiger partial charge in [-0.2, -0.15) is 0 Å². The molecule has 6 heteroatoms. The number of hydrogen-bond acceptors (Lipinski definition) is 4. The van der Waals surface area contributed by atoms with Crippen LogP contribution in [-0.2, 0) is 14.0 Å². The van der Waals surface area contributed by atoms with Gasteiger partial charge in [-0.3, -0.25) is 4.79 Å². The van der Waals surface area contributed by atoms with Gasteiger partial charge in [0.15, 0.2) is 0 Å². The van der Waals surface area contributed by atoms with Crippen molar-refractivity contribution in [2.24, 2.45) is 0 Å². The third-order valence-corrected chi connectivity index (χ3v) is 7.57. The monoisotopic (exact) mass is 303 g/mol. The molecule has 0 heterocycles. The first kappa shape index (κ1) is 19.0. The van der Waals surface area contributed by atoms with Crippen LogP contribution in [0, 0.1) is 0 Å². The first-order chi connectivity index (χ1) is 8.66. The van der Waals surface area contributed by atoms with Crippen LogP contribution >= 0.6 is 0 Å². The standard InChI is InChI=1S/C14H29NO4Si/c1-10(15-12(17)18-13(2,3)4)11(16)19-20(8,9)14(5,6)7/h10H,1-9H3,(H,15,17)/t10-/m0/s1. The minimum Gasteiger partial charge on any atom is -0.518 e. The maximum Gasteiger partial charge on any atom is 0.408 e. The summed E-state index contributed by atoms with van der Waals surface area (Å²) in [6.07, 6.45) is -0.614. The lowest BCUT2D eigenvalue weighted by molar-refractivity contribution is -0.137. The van der Waals surface area contributed by atoms with Gasteiger partial charge in [-0.15, -0.1) is 0 Å². The molecule has 0 aliphatic heterocycles. The average Bonchev–Trinajstić information content (AvgIpc) is 2.11. The molecule has 0 aliphatic carbocycles. The first-order valence-electron chi connectivity index (χ1n) is 6.88. The van der Waals surface area contributed by atoms with Gasteiger partial charge in [0.25, 0.3) is 8.32 Å². The second kappa shape index (κ2) is 6.16. The SMILES string of the molecule is C[C@H](NC(=O)OC(C)(C)C)C(=O)O[Si](C)(C)C(C)(C)C. The predicted molar refractivity (Wildman–Crippen MR) is 82.1 cm³/mol. The zero-order chi connectivity index (χ0) is 16.4. The molecule has 1 N–H and O–H groups in total. The van der Waals surface area contributed by atoms with Gasteiger partial charge < -0.3 is 14.5 Å². The molecule has 118 valence electrons. The average molecular weight is 303 g/mol. The van der Waals surface area contributed by atoms with Crippen molar-refractivity contribution >= 4 is 20.4 Å². The van der Waals surface area contributed by atoms with Gasteiger partial charge in [0, 0.05) is 0 Å². The summed E-state index contributed by atoms with van der Waals surface area (Å²) in [7, 11) is -2.17. The van der Waals surface area contributed by atoms with Crippen molar-refractivity contribution in [2.45, 2.75) is 78.2 Å². The van der Waals surface area contributed by atoms with Crippen LogP contribution in [0.2, 0.25) is 18.1 Å². The van der Waals surface area contributed by atoms with Gasteiger partial charge in [-0.25, -0.2) is 4.79 Å². The zero-order valence-corrected chi connectivity index (χ0v) is 15.2. The number of hydrogen-bond donors (Lipinski definition) is 1. The van der Waals surface area contributed by atoms with Crippen LogP contribution in [-0.4, -0.2) is 32.0 Å². The highest BCUT2D eigenvalue weighted by Crippen LogP contribution is 2.36. The molecule has 0 aromatic carbocycles. The minimum atomic E-state index is -2.17. The molecule has 1 atom stereocenters. The van der Waals surface area contributed by atoms with E-state index in [0.29, 0.717) is 0 Å². The third kappa shape index (κ3) is 6.41. The topological polar surface area (TPSA) is 64.6 Å². The van der Waals surface area contributed by atoms with Crippen molar-refractivity contribution in [3.05, 3.63) is 0 Å². The summed E-state index contributed by atoms with van der Waals surface area (Å²) in [4.78, 5) is 23.7. The van der Waals surface area contributed by atoms with Crippen LogP contribution in [0.5, 0.6) is 0 Å². The van der Waals surface area contributed by atoms with E-state index in [4.69, 9.17) is 9.16 Å². The Hall–Kier alpha value is -1.04. The lowest BCUT2D eigenvalue weighted by Gasteiger charge is -2.36. The van der Waals surface area contributed by atoms with Crippen molar-refractivity contribution in [3.8, 4) is 0 Å². The molecule has 0 aliphatic rings. The molecule has 5 nitrogen and oxygen atoms in total. The fourth-order valence-corrected chi connectivity index (χ4v) is 2.02. The molecule has 0 radical (unpaired) electrons. The van der Waals surface area contributed by atoms with E-state index in [1.807, 2.05) is 13.1 Å². The van der Waals surface area contributed by atoms with Gasteiger partial charge in [0.1, 0.15) is 11.6 Å². The third-order valence-electron chi connectivity index (χ3n) is 3.25. The van der Waals surface area contributed by atoms with Crippen LogP contribution in [0.15, 0.2) is 0 Å². The highest BCUT2D eigenvalue weighted by molar-refractivity contribution is 6.75. The Kier molecular flexibility index (Phi) is 5.84. The van der Waals surface area contributed by atoms with Crippen LogP contribution in [0.3, 0.4) is 0 Å². The molecule has 0 spiro atoms. The molecular weight excluding hydrogens is 274 g/mol. The van der Waals surface area contributed by atoms with Crippen LogP contribution in [0.4, 0.5) is 4.79 Å². The number of amides is 1. The second-order valence-corrected chi connectivity index (χ2v) is 12.3. The van der Waals surface area contributed by atoms with Crippen molar-refractivity contribution in [1.29, 1.82) is 0 Å². The maximum absolute atomic E-state index is 12.0. The summed E-state index contributed by atoms with van der Waals surface area (Å²) in [5, 5.41) is 2.44. The number of rotatable bonds is 3.